The minimum atomic E-state index is 0.0880. The molecule has 1 atom stereocenters. The van der Waals surface area contributed by atoms with Gasteiger partial charge in [0.05, 0.1) is 19.3 Å². The monoisotopic (exact) mass is 269 g/mol. The number of nitrogens with two attached hydrogens (primary N) is 1. The zero-order valence-corrected chi connectivity index (χ0v) is 11.5. The summed E-state index contributed by atoms with van der Waals surface area (Å²) >= 11 is 0. The summed E-state index contributed by atoms with van der Waals surface area (Å²) in [6.07, 6.45) is 5.65. The molecular formula is C16H19N3O. The van der Waals surface area contributed by atoms with E-state index in [0.717, 1.165) is 24.2 Å². The lowest BCUT2D eigenvalue weighted by Crippen LogP contribution is -2.34. The van der Waals surface area contributed by atoms with Crippen LogP contribution in [0.15, 0.2) is 42.7 Å². The first-order chi connectivity index (χ1) is 9.81. The van der Waals surface area contributed by atoms with Crippen molar-refractivity contribution in [2.24, 2.45) is 11.8 Å². The largest absolute Gasteiger partial charge is 0.495 e. The highest BCUT2D eigenvalue weighted by atomic mass is 16.5. The van der Waals surface area contributed by atoms with Gasteiger partial charge in [-0.25, -0.2) is 0 Å². The lowest BCUT2D eigenvalue weighted by molar-refractivity contribution is 0.373. The average Bonchev–Trinajstić information content (AvgIpc) is 2.91. The smallest absolute Gasteiger partial charge is 0.137 e. The van der Waals surface area contributed by atoms with Gasteiger partial charge in [-0.05, 0) is 41.5 Å². The number of aromatic nitrogens is 1. The lowest BCUT2D eigenvalue weighted by Gasteiger charge is -2.23. The summed E-state index contributed by atoms with van der Waals surface area (Å²) in [4.78, 5) is 4.22. The van der Waals surface area contributed by atoms with E-state index in [2.05, 4.69) is 34.7 Å². The van der Waals surface area contributed by atoms with Crippen molar-refractivity contribution in [3.05, 3.63) is 59.4 Å². The summed E-state index contributed by atoms with van der Waals surface area (Å²) in [7, 11) is 1.65. The molecule has 0 saturated heterocycles. The topological polar surface area (TPSA) is 60.2 Å². The Balaban J connectivity index is 1.85. The molecule has 2 aromatic rings. The van der Waals surface area contributed by atoms with Crippen LogP contribution >= 0.6 is 0 Å². The summed E-state index contributed by atoms with van der Waals surface area (Å²) in [6, 6.07) is 10.7. The molecule has 1 aliphatic rings. The zero-order valence-electron chi connectivity index (χ0n) is 11.5. The fourth-order valence-electron chi connectivity index (χ4n) is 3.05. The van der Waals surface area contributed by atoms with Gasteiger partial charge in [0, 0.05) is 6.20 Å². The van der Waals surface area contributed by atoms with Gasteiger partial charge in [0.15, 0.2) is 0 Å². The summed E-state index contributed by atoms with van der Waals surface area (Å²) in [5.41, 5.74) is 6.87. The third-order valence-electron chi connectivity index (χ3n) is 4.06. The first-order valence-corrected chi connectivity index (χ1v) is 6.83. The highest BCUT2D eigenvalue weighted by Crippen LogP contribution is 2.35. The Labute approximate surface area is 119 Å². The van der Waals surface area contributed by atoms with E-state index < -0.39 is 0 Å². The molecule has 4 heteroatoms. The van der Waals surface area contributed by atoms with Crippen molar-refractivity contribution in [2.45, 2.75) is 18.9 Å². The van der Waals surface area contributed by atoms with E-state index in [-0.39, 0.29) is 6.04 Å². The van der Waals surface area contributed by atoms with Crippen molar-refractivity contribution in [3.8, 4) is 5.75 Å². The summed E-state index contributed by atoms with van der Waals surface area (Å²) < 4.78 is 5.24. The third kappa shape index (κ3) is 2.40. The Bertz CT molecular complexity index is 575. The fraction of sp³-hybridized carbons (Fsp3) is 0.312. The summed E-state index contributed by atoms with van der Waals surface area (Å²) in [5.74, 6) is 7.00. The number of methoxy groups -OCH3 is 1. The maximum Gasteiger partial charge on any atom is 0.137 e. The van der Waals surface area contributed by atoms with Gasteiger partial charge in [0.25, 0.3) is 0 Å². The molecule has 1 heterocycles. The Morgan fingerprint density at radius 1 is 1.25 bits per heavy atom. The van der Waals surface area contributed by atoms with Gasteiger partial charge in [-0.15, -0.1) is 0 Å². The molecule has 0 aliphatic heterocycles. The van der Waals surface area contributed by atoms with Crippen molar-refractivity contribution < 1.29 is 4.74 Å². The molecule has 4 nitrogen and oxygen atoms in total. The second kappa shape index (κ2) is 5.61. The predicted molar refractivity (Wildman–Crippen MR) is 78.2 cm³/mol. The van der Waals surface area contributed by atoms with Crippen molar-refractivity contribution in [1.29, 1.82) is 0 Å². The van der Waals surface area contributed by atoms with Gasteiger partial charge in [-0.3, -0.25) is 16.3 Å². The molecule has 1 unspecified atom stereocenters. The van der Waals surface area contributed by atoms with Gasteiger partial charge in [0.1, 0.15) is 5.75 Å². The molecule has 1 aromatic carbocycles. The molecule has 3 N–H and O–H groups in total. The second-order valence-electron chi connectivity index (χ2n) is 5.24. The Hall–Kier alpha value is -1.91. The highest BCUT2D eigenvalue weighted by molar-refractivity contribution is 5.34. The van der Waals surface area contributed by atoms with Crippen molar-refractivity contribution in [1.82, 2.24) is 10.4 Å². The van der Waals surface area contributed by atoms with Crippen LogP contribution in [0.5, 0.6) is 5.75 Å². The Morgan fingerprint density at radius 2 is 1.95 bits per heavy atom. The van der Waals surface area contributed by atoms with Crippen LogP contribution in [0.25, 0.3) is 0 Å². The van der Waals surface area contributed by atoms with Crippen molar-refractivity contribution in [2.75, 3.05) is 7.11 Å². The Kier molecular flexibility index (Phi) is 3.67. The molecule has 1 aromatic heterocycles. The van der Waals surface area contributed by atoms with Crippen molar-refractivity contribution in [3.63, 3.8) is 0 Å². The van der Waals surface area contributed by atoms with Crippen LogP contribution in [0.1, 0.15) is 22.7 Å². The number of rotatable bonds is 4. The molecule has 0 radical (unpaired) electrons. The Morgan fingerprint density at radius 3 is 2.55 bits per heavy atom. The molecular weight excluding hydrogens is 250 g/mol. The van der Waals surface area contributed by atoms with Gasteiger partial charge in [-0.2, -0.15) is 0 Å². The number of fused-ring (bicyclic) bond motifs is 1. The summed E-state index contributed by atoms with van der Waals surface area (Å²) in [5, 5.41) is 0. The first-order valence-electron chi connectivity index (χ1n) is 6.83. The van der Waals surface area contributed by atoms with E-state index in [1.165, 1.54) is 11.1 Å². The van der Waals surface area contributed by atoms with Crippen LogP contribution in [0.4, 0.5) is 0 Å². The van der Waals surface area contributed by atoms with Crippen molar-refractivity contribution >= 4 is 0 Å². The quantitative estimate of drug-likeness (QED) is 0.658. The van der Waals surface area contributed by atoms with Gasteiger partial charge < -0.3 is 4.74 Å². The maximum absolute atomic E-state index is 5.79. The van der Waals surface area contributed by atoms with E-state index in [9.17, 15) is 0 Å². The summed E-state index contributed by atoms with van der Waals surface area (Å²) in [6.45, 7) is 0. The second-order valence-corrected chi connectivity index (χ2v) is 5.24. The minimum Gasteiger partial charge on any atom is -0.495 e. The lowest BCUT2D eigenvalue weighted by atomic mass is 9.92. The molecule has 104 valence electrons. The number of hydrogen-bond acceptors (Lipinski definition) is 4. The standard InChI is InChI=1S/C16H19N3O/c1-20-15-8-14(9-18-10-15)16(19-17)13-6-11-4-2-3-5-12(11)7-13/h2-5,8-10,13,16,19H,6-7,17H2,1H3. The van der Waals surface area contributed by atoms with E-state index in [4.69, 9.17) is 10.6 Å². The number of nitrogens with zero attached hydrogens (tertiary/aromatic N) is 1. The number of hydrogen-bond donors (Lipinski definition) is 2. The molecule has 0 amide bonds. The van der Waals surface area contributed by atoms with E-state index in [1.807, 2.05) is 12.3 Å². The van der Waals surface area contributed by atoms with Gasteiger partial charge >= 0.3 is 0 Å². The maximum atomic E-state index is 5.79. The normalized spacial score (nSPS) is 15.9. The van der Waals surface area contributed by atoms with Crippen LogP contribution < -0.4 is 16.0 Å². The number of benzene rings is 1. The van der Waals surface area contributed by atoms with Crippen LogP contribution in [0.2, 0.25) is 0 Å². The molecule has 1 aliphatic carbocycles. The zero-order chi connectivity index (χ0) is 13.9. The number of hydrazine groups is 1. The SMILES string of the molecule is COc1cncc(C(NN)C2Cc3ccccc3C2)c1. The molecule has 0 saturated carbocycles. The first kappa shape index (κ1) is 13.1. The van der Waals surface area contributed by atoms with Crippen LogP contribution in [0, 0.1) is 5.92 Å². The number of ether oxygens (including phenoxy) is 1. The number of nitrogens with one attached hydrogen (secondary N) is 1. The highest BCUT2D eigenvalue weighted by Gasteiger charge is 2.29. The molecule has 0 fully saturated rings. The molecule has 0 bridgehead atoms. The molecule has 3 rings (SSSR count). The van der Waals surface area contributed by atoms with Crippen LogP contribution in [-0.4, -0.2) is 12.1 Å². The fourth-order valence-corrected chi connectivity index (χ4v) is 3.05. The van der Waals surface area contributed by atoms with Crippen LogP contribution in [-0.2, 0) is 12.8 Å². The predicted octanol–water partition coefficient (Wildman–Crippen LogP) is 2.01. The molecule has 0 spiro atoms. The number of pyridine rings is 1. The third-order valence-corrected chi connectivity index (χ3v) is 4.06. The van der Waals surface area contributed by atoms with E-state index >= 15 is 0 Å². The van der Waals surface area contributed by atoms with Gasteiger partial charge in [0.2, 0.25) is 0 Å². The van der Waals surface area contributed by atoms with E-state index in [0.29, 0.717) is 5.92 Å². The average molecular weight is 269 g/mol. The van der Waals surface area contributed by atoms with Crippen LogP contribution in [0.3, 0.4) is 0 Å². The van der Waals surface area contributed by atoms with E-state index in [1.54, 1.807) is 13.3 Å². The minimum absolute atomic E-state index is 0.0880. The molecule has 20 heavy (non-hydrogen) atoms. The van der Waals surface area contributed by atoms with Gasteiger partial charge in [-0.1, -0.05) is 24.3 Å².